The molecule has 106 valence electrons. The van der Waals surface area contributed by atoms with Crippen LogP contribution < -0.4 is 10.3 Å². The van der Waals surface area contributed by atoms with E-state index in [9.17, 15) is 8.42 Å². The minimum Gasteiger partial charge on any atom is -0.314 e. The van der Waals surface area contributed by atoms with Crippen LogP contribution in [-0.2, 0) is 10.1 Å². The smallest absolute Gasteiger partial charge is 0.294 e. The van der Waals surface area contributed by atoms with Gasteiger partial charge in [-0.15, -0.1) is 0 Å². The Morgan fingerprint density at radius 3 is 2.32 bits per heavy atom. The Morgan fingerprint density at radius 1 is 1.26 bits per heavy atom. The number of anilines is 1. The van der Waals surface area contributed by atoms with E-state index in [1.165, 1.54) is 12.1 Å². The molecule has 0 atom stereocenters. The maximum atomic E-state index is 11.0. The van der Waals surface area contributed by atoms with Crippen LogP contribution in [0.15, 0.2) is 29.2 Å². The van der Waals surface area contributed by atoms with Gasteiger partial charge in [-0.05, 0) is 31.2 Å². The molecule has 0 aromatic heterocycles. The van der Waals surface area contributed by atoms with E-state index in [4.69, 9.17) is 4.55 Å². The Labute approximate surface area is 113 Å². The highest BCUT2D eigenvalue weighted by Crippen LogP contribution is 2.19. The van der Waals surface area contributed by atoms with Crippen LogP contribution in [0.4, 0.5) is 5.69 Å². The van der Waals surface area contributed by atoms with Crippen molar-refractivity contribution in [1.82, 2.24) is 10.3 Å². The zero-order chi connectivity index (χ0) is 13.9. The van der Waals surface area contributed by atoms with Crippen molar-refractivity contribution in [3.05, 3.63) is 24.3 Å². The van der Waals surface area contributed by atoms with Gasteiger partial charge in [0.05, 0.1) is 10.6 Å². The van der Waals surface area contributed by atoms with Gasteiger partial charge in [-0.2, -0.15) is 8.42 Å². The fourth-order valence-corrected chi connectivity index (χ4v) is 2.71. The van der Waals surface area contributed by atoms with Crippen molar-refractivity contribution in [2.45, 2.75) is 11.8 Å². The Kier molecular flexibility index (Phi) is 4.41. The lowest BCUT2D eigenvalue weighted by atomic mass is 10.3. The average molecular weight is 285 g/mol. The highest BCUT2D eigenvalue weighted by Gasteiger charge is 2.17. The van der Waals surface area contributed by atoms with Crippen LogP contribution >= 0.6 is 0 Å². The van der Waals surface area contributed by atoms with Crippen molar-refractivity contribution in [1.29, 1.82) is 0 Å². The van der Waals surface area contributed by atoms with Gasteiger partial charge < -0.3 is 10.3 Å². The Hall–Kier alpha value is -1.15. The normalized spacial score (nSPS) is 17.4. The van der Waals surface area contributed by atoms with Crippen molar-refractivity contribution < 1.29 is 13.0 Å². The highest BCUT2D eigenvalue weighted by molar-refractivity contribution is 7.85. The summed E-state index contributed by atoms with van der Waals surface area (Å²) >= 11 is 0. The van der Waals surface area contributed by atoms with Crippen molar-refractivity contribution in [3.8, 4) is 0 Å². The lowest BCUT2D eigenvalue weighted by molar-refractivity contribution is 0.222. The largest absolute Gasteiger partial charge is 0.314 e. The minimum absolute atomic E-state index is 0.0763. The van der Waals surface area contributed by atoms with Crippen LogP contribution in [0.3, 0.4) is 0 Å². The maximum Gasteiger partial charge on any atom is 0.294 e. The number of benzene rings is 1. The number of piperazine rings is 1. The summed E-state index contributed by atoms with van der Waals surface area (Å²) in [6, 6.07) is 6.29. The first-order valence-electron chi connectivity index (χ1n) is 6.33. The maximum absolute atomic E-state index is 11.0. The second-order valence-corrected chi connectivity index (χ2v) is 5.81. The van der Waals surface area contributed by atoms with Crippen LogP contribution in [0.2, 0.25) is 0 Å². The van der Waals surface area contributed by atoms with Gasteiger partial charge in [0.15, 0.2) is 0 Å². The quantitative estimate of drug-likeness (QED) is 0.789. The standard InChI is InChI=1S/C12H19N3O3S/c1-2-15(14-9-7-13-8-10-14)11-3-5-12(6-4-11)19(16,17)18/h3-6,13H,2,7-10H2,1H3,(H,16,17,18). The topological polar surface area (TPSA) is 72.9 Å². The molecule has 1 aromatic carbocycles. The van der Waals surface area contributed by atoms with E-state index >= 15 is 0 Å². The molecule has 7 heteroatoms. The van der Waals surface area contributed by atoms with Crippen LogP contribution in [0.25, 0.3) is 0 Å². The third-order valence-corrected chi connectivity index (χ3v) is 4.03. The molecule has 1 aromatic rings. The number of hydrogen-bond acceptors (Lipinski definition) is 5. The molecule has 1 saturated heterocycles. The van der Waals surface area contributed by atoms with E-state index in [1.807, 2.05) is 0 Å². The summed E-state index contributed by atoms with van der Waals surface area (Å²) in [7, 11) is -4.12. The first-order chi connectivity index (χ1) is 9.02. The van der Waals surface area contributed by atoms with Gasteiger partial charge in [-0.25, -0.2) is 5.01 Å². The average Bonchev–Trinajstić information content (AvgIpc) is 2.40. The molecular weight excluding hydrogens is 266 g/mol. The molecule has 0 unspecified atom stereocenters. The highest BCUT2D eigenvalue weighted by atomic mass is 32.2. The second kappa shape index (κ2) is 5.87. The SMILES string of the molecule is CCN(c1ccc(S(=O)(=O)O)cc1)N1CCNCC1. The fraction of sp³-hybridized carbons (Fsp3) is 0.500. The first kappa shape index (κ1) is 14.3. The third-order valence-electron chi connectivity index (χ3n) is 3.17. The Morgan fingerprint density at radius 2 is 1.84 bits per heavy atom. The summed E-state index contributed by atoms with van der Waals surface area (Å²) in [4.78, 5) is -0.0763. The summed E-state index contributed by atoms with van der Waals surface area (Å²) < 4.78 is 31.0. The van der Waals surface area contributed by atoms with Gasteiger partial charge in [0.1, 0.15) is 0 Å². The molecule has 0 spiro atoms. The summed E-state index contributed by atoms with van der Waals surface area (Å²) in [5.74, 6) is 0. The summed E-state index contributed by atoms with van der Waals surface area (Å²) in [5.41, 5.74) is 0.928. The molecule has 0 saturated carbocycles. The van der Waals surface area contributed by atoms with Crippen molar-refractivity contribution in [2.24, 2.45) is 0 Å². The molecule has 1 heterocycles. The number of hydrazine groups is 1. The molecule has 0 bridgehead atoms. The molecule has 6 nitrogen and oxygen atoms in total. The van der Waals surface area contributed by atoms with E-state index < -0.39 is 10.1 Å². The van der Waals surface area contributed by atoms with Gasteiger partial charge in [0, 0.05) is 32.7 Å². The van der Waals surface area contributed by atoms with Gasteiger partial charge in [0.25, 0.3) is 10.1 Å². The summed E-state index contributed by atoms with van der Waals surface area (Å²) in [6.45, 7) is 6.60. The van der Waals surface area contributed by atoms with Crippen LogP contribution in [0, 0.1) is 0 Å². The Balaban J connectivity index is 2.19. The molecule has 0 amide bonds. The fourth-order valence-electron chi connectivity index (χ4n) is 2.23. The Bertz CT molecular complexity index is 510. The zero-order valence-corrected chi connectivity index (χ0v) is 11.7. The summed E-state index contributed by atoms with van der Waals surface area (Å²) in [5, 5.41) is 7.65. The van der Waals surface area contributed by atoms with E-state index in [0.29, 0.717) is 0 Å². The van der Waals surface area contributed by atoms with E-state index in [1.54, 1.807) is 12.1 Å². The van der Waals surface area contributed by atoms with Gasteiger partial charge in [-0.1, -0.05) is 0 Å². The second-order valence-electron chi connectivity index (χ2n) is 4.39. The molecule has 2 N–H and O–H groups in total. The van der Waals surface area contributed by atoms with E-state index in [-0.39, 0.29) is 4.90 Å². The molecule has 0 radical (unpaired) electrons. The molecule has 2 rings (SSSR count). The lowest BCUT2D eigenvalue weighted by Gasteiger charge is -2.38. The molecule has 1 aliphatic rings. The molecule has 19 heavy (non-hydrogen) atoms. The van der Waals surface area contributed by atoms with Crippen LogP contribution in [-0.4, -0.2) is 50.7 Å². The number of rotatable bonds is 4. The number of hydrogen-bond donors (Lipinski definition) is 2. The lowest BCUT2D eigenvalue weighted by Crippen LogP contribution is -2.52. The van der Waals surface area contributed by atoms with Gasteiger partial charge in [0.2, 0.25) is 0 Å². The molecule has 1 fully saturated rings. The number of nitrogens with one attached hydrogen (secondary N) is 1. The third kappa shape index (κ3) is 3.44. The summed E-state index contributed by atoms with van der Waals surface area (Å²) in [6.07, 6.45) is 0. The van der Waals surface area contributed by atoms with E-state index in [2.05, 4.69) is 22.3 Å². The van der Waals surface area contributed by atoms with Crippen molar-refractivity contribution in [2.75, 3.05) is 37.7 Å². The minimum atomic E-state index is -4.12. The molecular formula is C12H19N3O3S. The number of nitrogens with zero attached hydrogens (tertiary/aromatic N) is 2. The van der Waals surface area contributed by atoms with Crippen LogP contribution in [0.5, 0.6) is 0 Å². The predicted molar refractivity (Wildman–Crippen MR) is 73.7 cm³/mol. The molecule has 0 aliphatic carbocycles. The first-order valence-corrected chi connectivity index (χ1v) is 7.77. The zero-order valence-electron chi connectivity index (χ0n) is 10.9. The van der Waals surface area contributed by atoms with Crippen molar-refractivity contribution >= 4 is 15.8 Å². The monoisotopic (exact) mass is 285 g/mol. The van der Waals surface area contributed by atoms with E-state index in [0.717, 1.165) is 38.4 Å². The van der Waals surface area contributed by atoms with Gasteiger partial charge >= 0.3 is 0 Å². The molecule has 1 aliphatic heterocycles. The van der Waals surface area contributed by atoms with Gasteiger partial charge in [-0.3, -0.25) is 4.55 Å². The van der Waals surface area contributed by atoms with Crippen molar-refractivity contribution in [3.63, 3.8) is 0 Å². The van der Waals surface area contributed by atoms with Crippen LogP contribution in [0.1, 0.15) is 6.92 Å². The predicted octanol–water partition coefficient (Wildman–Crippen LogP) is 0.580.